The number of rotatable bonds is 4. The quantitative estimate of drug-likeness (QED) is 0.727. The number of hydrogen-bond donors (Lipinski definition) is 3. The Balaban J connectivity index is 1.81. The van der Waals surface area contributed by atoms with Gasteiger partial charge in [0.25, 0.3) is 11.8 Å². The summed E-state index contributed by atoms with van der Waals surface area (Å²) in [5.74, 6) is -0.411. The second-order valence-electron chi connectivity index (χ2n) is 6.55. The molecule has 0 radical (unpaired) electrons. The van der Waals surface area contributed by atoms with Crippen LogP contribution < -0.4 is 16.8 Å². The molecular weight excluding hydrogens is 296 g/mol. The molecule has 2 unspecified atom stereocenters. The zero-order chi connectivity index (χ0) is 16.8. The molecule has 1 saturated carbocycles. The van der Waals surface area contributed by atoms with E-state index in [1.807, 2.05) is 0 Å². The van der Waals surface area contributed by atoms with Crippen LogP contribution >= 0.6 is 0 Å². The number of nitrogens with two attached hydrogens (primary N) is 2. The molecule has 2 aromatic heterocycles. The molecule has 1 aliphatic carbocycles. The number of fused-ring (bicyclic) bond motifs is 1. The molecule has 0 aliphatic heterocycles. The molecule has 2 aromatic rings. The number of aromatic nitrogens is 3. The number of nitrogens with one attached hydrogen (secondary N) is 1. The van der Waals surface area contributed by atoms with Gasteiger partial charge in [0.2, 0.25) is 0 Å². The van der Waals surface area contributed by atoms with E-state index in [4.69, 9.17) is 11.5 Å². The predicted molar refractivity (Wildman–Crippen MR) is 83.7 cm³/mol. The molecule has 1 fully saturated rings. The van der Waals surface area contributed by atoms with Crippen LogP contribution in [0.2, 0.25) is 0 Å². The van der Waals surface area contributed by atoms with Crippen LogP contribution in [-0.4, -0.2) is 39.0 Å². The van der Waals surface area contributed by atoms with Gasteiger partial charge in [-0.05, 0) is 24.3 Å². The van der Waals surface area contributed by atoms with Gasteiger partial charge in [0.05, 0.1) is 11.8 Å². The van der Waals surface area contributed by atoms with Crippen molar-refractivity contribution >= 4 is 17.5 Å². The molecule has 0 spiro atoms. The van der Waals surface area contributed by atoms with E-state index in [0.29, 0.717) is 23.7 Å². The fourth-order valence-corrected chi connectivity index (χ4v) is 3.06. The SMILES string of the molecule is CC1(C)C(CN)CC1NC(=O)c1cnn2cc(C(N)=O)cnc12. The molecule has 5 N–H and O–H groups in total. The van der Waals surface area contributed by atoms with Gasteiger partial charge in [0.15, 0.2) is 5.65 Å². The standard InChI is InChI=1S/C15H20N6O2/c1-15(2)9(4-16)3-11(15)20-14(23)10-6-19-21-7-8(12(17)22)5-18-13(10)21/h5-7,9,11H,3-4,16H2,1-2H3,(H2,17,22)(H,20,23). The van der Waals surface area contributed by atoms with Crippen LogP contribution in [0.4, 0.5) is 0 Å². The monoisotopic (exact) mass is 316 g/mol. The number of hydrogen-bond acceptors (Lipinski definition) is 5. The van der Waals surface area contributed by atoms with Crippen molar-refractivity contribution in [1.29, 1.82) is 0 Å². The van der Waals surface area contributed by atoms with Crippen molar-refractivity contribution < 1.29 is 9.59 Å². The van der Waals surface area contributed by atoms with Crippen molar-refractivity contribution in [3.8, 4) is 0 Å². The molecule has 8 heteroatoms. The van der Waals surface area contributed by atoms with Gasteiger partial charge in [-0.2, -0.15) is 5.10 Å². The predicted octanol–water partition coefficient (Wildman–Crippen LogP) is -0.0686. The first-order valence-corrected chi connectivity index (χ1v) is 7.48. The van der Waals surface area contributed by atoms with E-state index in [-0.39, 0.29) is 22.9 Å². The Kier molecular flexibility index (Phi) is 3.56. The lowest BCUT2D eigenvalue weighted by molar-refractivity contribution is 0.0200. The molecular formula is C15H20N6O2. The summed E-state index contributed by atoms with van der Waals surface area (Å²) in [5, 5.41) is 7.09. The zero-order valence-electron chi connectivity index (χ0n) is 13.1. The van der Waals surface area contributed by atoms with E-state index in [2.05, 4.69) is 29.2 Å². The van der Waals surface area contributed by atoms with Gasteiger partial charge in [0.1, 0.15) is 5.56 Å². The lowest BCUT2D eigenvalue weighted by Crippen LogP contribution is -2.60. The average molecular weight is 316 g/mol. The van der Waals surface area contributed by atoms with Crippen LogP contribution in [-0.2, 0) is 0 Å². The Morgan fingerprint density at radius 1 is 1.43 bits per heavy atom. The lowest BCUT2D eigenvalue weighted by atomic mass is 9.58. The summed E-state index contributed by atoms with van der Waals surface area (Å²) in [6.45, 7) is 4.83. The second kappa shape index (κ2) is 5.31. The molecule has 0 saturated heterocycles. The maximum Gasteiger partial charge on any atom is 0.257 e. The van der Waals surface area contributed by atoms with Crippen molar-refractivity contribution in [2.75, 3.05) is 6.54 Å². The summed E-state index contributed by atoms with van der Waals surface area (Å²) in [5.41, 5.74) is 11.9. The van der Waals surface area contributed by atoms with E-state index < -0.39 is 5.91 Å². The lowest BCUT2D eigenvalue weighted by Gasteiger charge is -2.52. The summed E-state index contributed by atoms with van der Waals surface area (Å²) in [7, 11) is 0. The van der Waals surface area contributed by atoms with Crippen molar-refractivity contribution in [3.63, 3.8) is 0 Å². The number of amides is 2. The maximum atomic E-state index is 12.5. The second-order valence-corrected chi connectivity index (χ2v) is 6.55. The number of carbonyl (C=O) groups excluding carboxylic acids is 2. The number of carbonyl (C=O) groups is 2. The number of primary amides is 1. The van der Waals surface area contributed by atoms with Crippen LogP contribution in [0, 0.1) is 11.3 Å². The molecule has 8 nitrogen and oxygen atoms in total. The summed E-state index contributed by atoms with van der Waals surface area (Å²) >= 11 is 0. The van der Waals surface area contributed by atoms with Gasteiger partial charge < -0.3 is 16.8 Å². The summed E-state index contributed by atoms with van der Waals surface area (Å²) in [4.78, 5) is 27.8. The van der Waals surface area contributed by atoms with Crippen LogP contribution in [0.3, 0.4) is 0 Å². The van der Waals surface area contributed by atoms with Crippen LogP contribution in [0.5, 0.6) is 0 Å². The van der Waals surface area contributed by atoms with E-state index in [1.54, 1.807) is 0 Å². The Hall–Kier alpha value is -2.48. The Morgan fingerprint density at radius 3 is 2.78 bits per heavy atom. The first kappa shape index (κ1) is 15.4. The molecule has 3 rings (SSSR count). The van der Waals surface area contributed by atoms with E-state index in [0.717, 1.165) is 6.42 Å². The summed E-state index contributed by atoms with van der Waals surface area (Å²) < 4.78 is 1.38. The normalized spacial score (nSPS) is 22.6. The minimum absolute atomic E-state index is 0.0278. The number of nitrogens with zero attached hydrogens (tertiary/aromatic N) is 3. The van der Waals surface area contributed by atoms with E-state index >= 15 is 0 Å². The molecule has 0 aromatic carbocycles. The van der Waals surface area contributed by atoms with Gasteiger partial charge in [-0.25, -0.2) is 9.50 Å². The largest absolute Gasteiger partial charge is 0.366 e. The third-order valence-corrected chi connectivity index (χ3v) is 4.95. The van der Waals surface area contributed by atoms with Crippen molar-refractivity contribution in [2.24, 2.45) is 22.8 Å². The fourth-order valence-electron chi connectivity index (χ4n) is 3.06. The third kappa shape index (κ3) is 2.44. The highest BCUT2D eigenvalue weighted by Crippen LogP contribution is 2.45. The minimum atomic E-state index is -0.593. The van der Waals surface area contributed by atoms with Gasteiger partial charge in [-0.1, -0.05) is 13.8 Å². The third-order valence-electron chi connectivity index (χ3n) is 4.95. The Labute approximate surface area is 133 Å². The molecule has 1 aliphatic rings. The van der Waals surface area contributed by atoms with Gasteiger partial charge in [0, 0.05) is 18.4 Å². The van der Waals surface area contributed by atoms with Gasteiger partial charge >= 0.3 is 0 Å². The Morgan fingerprint density at radius 2 is 2.17 bits per heavy atom. The highest BCUT2D eigenvalue weighted by molar-refractivity contribution is 6.00. The van der Waals surface area contributed by atoms with Crippen LogP contribution in [0.1, 0.15) is 41.0 Å². The highest BCUT2D eigenvalue weighted by atomic mass is 16.2. The fraction of sp³-hybridized carbons (Fsp3) is 0.467. The maximum absolute atomic E-state index is 12.5. The van der Waals surface area contributed by atoms with E-state index in [9.17, 15) is 9.59 Å². The molecule has 2 amide bonds. The molecule has 0 bridgehead atoms. The molecule has 23 heavy (non-hydrogen) atoms. The van der Waals surface area contributed by atoms with Gasteiger partial charge in [-0.3, -0.25) is 9.59 Å². The zero-order valence-corrected chi connectivity index (χ0v) is 13.1. The van der Waals surface area contributed by atoms with Gasteiger partial charge in [-0.15, -0.1) is 0 Å². The summed E-state index contributed by atoms with van der Waals surface area (Å²) in [6, 6.07) is 0.0726. The molecule has 2 atom stereocenters. The van der Waals surface area contributed by atoms with Crippen LogP contribution in [0.15, 0.2) is 18.6 Å². The van der Waals surface area contributed by atoms with E-state index in [1.165, 1.54) is 23.1 Å². The van der Waals surface area contributed by atoms with Crippen molar-refractivity contribution in [3.05, 3.63) is 29.7 Å². The minimum Gasteiger partial charge on any atom is -0.366 e. The highest BCUT2D eigenvalue weighted by Gasteiger charge is 2.47. The molecule has 122 valence electrons. The Bertz CT molecular complexity index is 781. The topological polar surface area (TPSA) is 128 Å². The summed E-state index contributed by atoms with van der Waals surface area (Å²) in [6.07, 6.45) is 5.11. The first-order valence-electron chi connectivity index (χ1n) is 7.48. The van der Waals surface area contributed by atoms with Crippen LogP contribution in [0.25, 0.3) is 5.65 Å². The molecule has 2 heterocycles. The smallest absolute Gasteiger partial charge is 0.257 e. The van der Waals surface area contributed by atoms with Crippen molar-refractivity contribution in [2.45, 2.75) is 26.3 Å². The van der Waals surface area contributed by atoms with Crippen molar-refractivity contribution in [1.82, 2.24) is 19.9 Å². The first-order chi connectivity index (χ1) is 10.8. The average Bonchev–Trinajstić information content (AvgIpc) is 2.93.